The summed E-state index contributed by atoms with van der Waals surface area (Å²) in [6.45, 7) is 3.48. The monoisotopic (exact) mass is 392 g/mol. The molecule has 0 aliphatic carbocycles. The van der Waals surface area contributed by atoms with Crippen LogP contribution in [-0.2, 0) is 0 Å². The van der Waals surface area contributed by atoms with Crippen molar-refractivity contribution >= 4 is 34.0 Å². The van der Waals surface area contributed by atoms with E-state index in [4.69, 9.17) is 10.2 Å². The maximum atomic E-state index is 4.73. The second-order valence-electron chi connectivity index (χ2n) is 7.53. The van der Waals surface area contributed by atoms with Crippen LogP contribution in [0.4, 0.5) is 0 Å². The predicted octanol–water partition coefficient (Wildman–Crippen LogP) is 4.98. The van der Waals surface area contributed by atoms with Gasteiger partial charge in [-0.3, -0.25) is 10.0 Å². The molecule has 0 aromatic heterocycles. The summed E-state index contributed by atoms with van der Waals surface area (Å²) in [7, 11) is 0. The fourth-order valence-electron chi connectivity index (χ4n) is 3.93. The van der Waals surface area contributed by atoms with Gasteiger partial charge in [-0.2, -0.15) is 10.2 Å². The lowest BCUT2D eigenvalue weighted by Gasteiger charge is -2.31. The first kappa shape index (κ1) is 18.4. The lowest BCUT2D eigenvalue weighted by atomic mass is 10.1. The molecule has 0 radical (unpaired) electrons. The van der Waals surface area contributed by atoms with Crippen LogP contribution >= 0.6 is 0 Å². The van der Waals surface area contributed by atoms with Crippen LogP contribution in [0.25, 0.3) is 21.5 Å². The standard InChI is InChI=1S/C26H24N4/c1-3-13-25-21(7-1)9-5-11-23(25)19-27-29-15-17-30(18-16-29)28-20-24-12-6-10-22-8-2-4-14-26(22)24/h1-14,19-20H,15-18H2. The molecule has 4 aromatic carbocycles. The van der Waals surface area contributed by atoms with E-state index in [1.807, 2.05) is 12.4 Å². The average Bonchev–Trinajstić information content (AvgIpc) is 2.82. The number of hydrogen-bond donors (Lipinski definition) is 0. The molecule has 4 aromatic rings. The van der Waals surface area contributed by atoms with Crippen LogP contribution in [0.5, 0.6) is 0 Å². The minimum absolute atomic E-state index is 0.869. The Morgan fingerprint density at radius 2 is 0.900 bits per heavy atom. The van der Waals surface area contributed by atoms with E-state index in [9.17, 15) is 0 Å². The Kier molecular flexibility index (Phi) is 5.13. The molecule has 1 aliphatic heterocycles. The van der Waals surface area contributed by atoms with Gasteiger partial charge in [0, 0.05) is 11.1 Å². The lowest BCUT2D eigenvalue weighted by molar-refractivity contribution is 0.141. The zero-order valence-electron chi connectivity index (χ0n) is 16.9. The summed E-state index contributed by atoms with van der Waals surface area (Å²) in [5, 5.41) is 18.7. The Labute approximate surface area is 176 Å². The molecule has 4 heteroatoms. The summed E-state index contributed by atoms with van der Waals surface area (Å²) in [6, 6.07) is 29.6. The van der Waals surface area contributed by atoms with Crippen LogP contribution < -0.4 is 0 Å². The van der Waals surface area contributed by atoms with E-state index in [2.05, 4.69) is 94.9 Å². The van der Waals surface area contributed by atoms with Gasteiger partial charge in [0.25, 0.3) is 0 Å². The number of piperazine rings is 1. The SMILES string of the molecule is C(=NN1CCN(N=Cc2cccc3ccccc23)CC1)c1cccc2ccccc12. The van der Waals surface area contributed by atoms with Crippen molar-refractivity contribution in [3.8, 4) is 0 Å². The number of nitrogens with zero attached hydrogens (tertiary/aromatic N) is 4. The molecule has 1 fully saturated rings. The molecular formula is C26H24N4. The summed E-state index contributed by atoms with van der Waals surface area (Å²) >= 11 is 0. The number of hydrogen-bond acceptors (Lipinski definition) is 4. The van der Waals surface area contributed by atoms with E-state index in [1.165, 1.54) is 21.5 Å². The van der Waals surface area contributed by atoms with Crippen LogP contribution in [0.3, 0.4) is 0 Å². The molecule has 1 heterocycles. The molecule has 0 spiro atoms. The number of rotatable bonds is 4. The van der Waals surface area contributed by atoms with Gasteiger partial charge in [-0.15, -0.1) is 0 Å². The maximum Gasteiger partial charge on any atom is 0.0553 e. The zero-order valence-corrected chi connectivity index (χ0v) is 16.9. The largest absolute Gasteiger partial charge is 0.293 e. The minimum atomic E-state index is 0.869. The minimum Gasteiger partial charge on any atom is -0.293 e. The summed E-state index contributed by atoms with van der Waals surface area (Å²) in [6.07, 6.45) is 3.97. The Bertz CT molecular complexity index is 1110. The number of fused-ring (bicyclic) bond motifs is 2. The van der Waals surface area contributed by atoms with Gasteiger partial charge in [0.15, 0.2) is 0 Å². The highest BCUT2D eigenvalue weighted by molar-refractivity contribution is 6.00. The Morgan fingerprint density at radius 1 is 0.500 bits per heavy atom. The Morgan fingerprint density at radius 3 is 1.37 bits per heavy atom. The second-order valence-corrected chi connectivity index (χ2v) is 7.53. The highest BCUT2D eigenvalue weighted by Gasteiger charge is 2.13. The summed E-state index contributed by atoms with van der Waals surface area (Å²) < 4.78 is 0. The molecule has 0 unspecified atom stereocenters. The molecular weight excluding hydrogens is 368 g/mol. The van der Waals surface area contributed by atoms with Gasteiger partial charge in [-0.05, 0) is 21.5 Å². The first-order chi connectivity index (χ1) is 14.9. The molecule has 0 saturated carbocycles. The van der Waals surface area contributed by atoms with Crippen molar-refractivity contribution < 1.29 is 0 Å². The van der Waals surface area contributed by atoms with Crippen LogP contribution in [0.1, 0.15) is 11.1 Å². The summed E-state index contributed by atoms with van der Waals surface area (Å²) in [5.74, 6) is 0. The molecule has 5 rings (SSSR count). The topological polar surface area (TPSA) is 31.2 Å². The van der Waals surface area contributed by atoms with Crippen LogP contribution in [0, 0.1) is 0 Å². The van der Waals surface area contributed by atoms with Crippen LogP contribution in [0.15, 0.2) is 95.1 Å². The second kappa shape index (κ2) is 8.37. The average molecular weight is 393 g/mol. The predicted molar refractivity (Wildman–Crippen MR) is 126 cm³/mol. The molecule has 0 amide bonds. The van der Waals surface area contributed by atoms with Crippen molar-refractivity contribution in [2.45, 2.75) is 0 Å². The van der Waals surface area contributed by atoms with E-state index in [0.29, 0.717) is 0 Å². The third-order valence-electron chi connectivity index (χ3n) is 5.60. The maximum absolute atomic E-state index is 4.73. The third kappa shape index (κ3) is 3.90. The molecule has 0 atom stereocenters. The molecule has 1 aliphatic rings. The van der Waals surface area contributed by atoms with E-state index in [0.717, 1.165) is 37.3 Å². The first-order valence-corrected chi connectivity index (χ1v) is 10.4. The Balaban J connectivity index is 1.23. The van der Waals surface area contributed by atoms with Gasteiger partial charge < -0.3 is 0 Å². The lowest BCUT2D eigenvalue weighted by Crippen LogP contribution is -2.41. The van der Waals surface area contributed by atoms with Gasteiger partial charge in [0.1, 0.15) is 0 Å². The van der Waals surface area contributed by atoms with Crippen molar-refractivity contribution in [3.05, 3.63) is 96.1 Å². The molecule has 4 nitrogen and oxygen atoms in total. The van der Waals surface area contributed by atoms with Crippen molar-refractivity contribution in [3.63, 3.8) is 0 Å². The zero-order chi connectivity index (χ0) is 20.2. The molecule has 0 bridgehead atoms. The fourth-order valence-corrected chi connectivity index (χ4v) is 3.93. The molecule has 0 N–H and O–H groups in total. The van der Waals surface area contributed by atoms with Crippen molar-refractivity contribution in [1.29, 1.82) is 0 Å². The molecule has 148 valence electrons. The van der Waals surface area contributed by atoms with Gasteiger partial charge in [-0.1, -0.05) is 84.9 Å². The summed E-state index contributed by atoms with van der Waals surface area (Å²) in [4.78, 5) is 0. The molecule has 30 heavy (non-hydrogen) atoms. The van der Waals surface area contributed by atoms with Crippen molar-refractivity contribution in [1.82, 2.24) is 10.0 Å². The highest BCUT2D eigenvalue weighted by Crippen LogP contribution is 2.18. The van der Waals surface area contributed by atoms with Crippen molar-refractivity contribution in [2.75, 3.05) is 26.2 Å². The normalized spacial score (nSPS) is 15.1. The van der Waals surface area contributed by atoms with E-state index >= 15 is 0 Å². The van der Waals surface area contributed by atoms with E-state index in [1.54, 1.807) is 0 Å². The Hall–Kier alpha value is -3.66. The van der Waals surface area contributed by atoms with Gasteiger partial charge >= 0.3 is 0 Å². The first-order valence-electron chi connectivity index (χ1n) is 10.4. The third-order valence-corrected chi connectivity index (χ3v) is 5.60. The number of benzene rings is 4. The van der Waals surface area contributed by atoms with Gasteiger partial charge in [0.05, 0.1) is 38.6 Å². The highest BCUT2D eigenvalue weighted by atomic mass is 15.5. The van der Waals surface area contributed by atoms with Crippen molar-refractivity contribution in [2.24, 2.45) is 10.2 Å². The van der Waals surface area contributed by atoms with E-state index in [-0.39, 0.29) is 0 Å². The molecule has 1 saturated heterocycles. The smallest absolute Gasteiger partial charge is 0.0553 e. The van der Waals surface area contributed by atoms with E-state index < -0.39 is 0 Å². The van der Waals surface area contributed by atoms with Crippen LogP contribution in [-0.4, -0.2) is 48.6 Å². The van der Waals surface area contributed by atoms with Gasteiger partial charge in [-0.25, -0.2) is 0 Å². The quantitative estimate of drug-likeness (QED) is 0.459. The van der Waals surface area contributed by atoms with Crippen LogP contribution in [0.2, 0.25) is 0 Å². The fraction of sp³-hybridized carbons (Fsp3) is 0.154. The van der Waals surface area contributed by atoms with Gasteiger partial charge in [0.2, 0.25) is 0 Å². The number of hydrazone groups is 2. The summed E-state index contributed by atoms with van der Waals surface area (Å²) in [5.41, 5.74) is 2.31.